The van der Waals surface area contributed by atoms with Gasteiger partial charge in [-0.2, -0.15) is 0 Å². The molecule has 1 aliphatic rings. The summed E-state index contributed by atoms with van der Waals surface area (Å²) in [6.45, 7) is 2.09. The molecule has 3 rings (SSSR count). The Morgan fingerprint density at radius 1 is 1.29 bits per heavy atom. The SMILES string of the molecule is NCc1cc(C(=O)NCC2(c3ccccc3Cl)CCOCC2)co1. The maximum Gasteiger partial charge on any atom is 0.254 e. The van der Waals surface area contributed by atoms with E-state index >= 15 is 0 Å². The lowest BCUT2D eigenvalue weighted by Crippen LogP contribution is -2.44. The van der Waals surface area contributed by atoms with Crippen LogP contribution in [0.4, 0.5) is 0 Å². The number of hydrogen-bond acceptors (Lipinski definition) is 4. The molecule has 0 saturated carbocycles. The van der Waals surface area contributed by atoms with Crippen molar-refractivity contribution in [3.8, 4) is 0 Å². The minimum absolute atomic E-state index is 0.170. The van der Waals surface area contributed by atoms with Crippen molar-refractivity contribution in [3.05, 3.63) is 58.5 Å². The van der Waals surface area contributed by atoms with Crippen LogP contribution in [0.15, 0.2) is 41.0 Å². The second-order valence-electron chi connectivity index (χ2n) is 6.06. The second-order valence-corrected chi connectivity index (χ2v) is 6.47. The highest BCUT2D eigenvalue weighted by molar-refractivity contribution is 6.31. The first-order valence-corrected chi connectivity index (χ1v) is 8.41. The fraction of sp³-hybridized carbons (Fsp3) is 0.389. The van der Waals surface area contributed by atoms with Gasteiger partial charge in [-0.25, -0.2) is 0 Å². The van der Waals surface area contributed by atoms with Crippen LogP contribution in [0, 0.1) is 0 Å². The highest BCUT2D eigenvalue weighted by Gasteiger charge is 2.36. The van der Waals surface area contributed by atoms with Gasteiger partial charge in [0.15, 0.2) is 0 Å². The lowest BCUT2D eigenvalue weighted by atomic mass is 9.74. The summed E-state index contributed by atoms with van der Waals surface area (Å²) in [5.41, 5.74) is 6.84. The van der Waals surface area contributed by atoms with Gasteiger partial charge >= 0.3 is 0 Å². The molecule has 1 aromatic heterocycles. The molecule has 128 valence electrons. The Labute approximate surface area is 146 Å². The van der Waals surface area contributed by atoms with Gasteiger partial charge in [-0.15, -0.1) is 0 Å². The summed E-state index contributed by atoms with van der Waals surface area (Å²) in [4.78, 5) is 12.4. The minimum Gasteiger partial charge on any atom is -0.467 e. The van der Waals surface area contributed by atoms with Gasteiger partial charge in [0, 0.05) is 30.2 Å². The molecule has 5 nitrogen and oxygen atoms in total. The monoisotopic (exact) mass is 348 g/mol. The number of ether oxygens (including phenoxy) is 1. The van der Waals surface area contributed by atoms with E-state index in [-0.39, 0.29) is 17.9 Å². The number of halogens is 1. The number of carbonyl (C=O) groups is 1. The van der Waals surface area contributed by atoms with E-state index in [9.17, 15) is 4.79 Å². The Hall–Kier alpha value is -1.82. The number of rotatable bonds is 5. The van der Waals surface area contributed by atoms with E-state index in [0.29, 0.717) is 31.1 Å². The molecule has 1 fully saturated rings. The smallest absolute Gasteiger partial charge is 0.254 e. The van der Waals surface area contributed by atoms with Gasteiger partial charge in [0.2, 0.25) is 0 Å². The summed E-state index contributed by atoms with van der Waals surface area (Å²) >= 11 is 6.42. The van der Waals surface area contributed by atoms with Crippen LogP contribution < -0.4 is 11.1 Å². The minimum atomic E-state index is -0.216. The van der Waals surface area contributed by atoms with Gasteiger partial charge in [-0.3, -0.25) is 4.79 Å². The van der Waals surface area contributed by atoms with Crippen molar-refractivity contribution in [2.75, 3.05) is 19.8 Å². The summed E-state index contributed by atoms with van der Waals surface area (Å²) < 4.78 is 10.7. The standard InChI is InChI=1S/C18H21ClN2O3/c19-16-4-2-1-3-15(16)18(5-7-23-8-6-18)12-21-17(22)13-9-14(10-20)24-11-13/h1-4,9,11H,5-8,10,12,20H2,(H,21,22). The first kappa shape index (κ1) is 17.0. The average Bonchev–Trinajstić information content (AvgIpc) is 3.10. The fourth-order valence-electron chi connectivity index (χ4n) is 3.15. The van der Waals surface area contributed by atoms with Crippen molar-refractivity contribution in [2.24, 2.45) is 5.73 Å². The predicted molar refractivity (Wildman–Crippen MR) is 92.1 cm³/mol. The summed E-state index contributed by atoms with van der Waals surface area (Å²) in [5.74, 6) is 0.420. The average molecular weight is 349 g/mol. The molecule has 2 heterocycles. The Morgan fingerprint density at radius 2 is 2.04 bits per heavy atom. The zero-order chi connectivity index (χ0) is 17.0. The molecule has 1 saturated heterocycles. The van der Waals surface area contributed by atoms with E-state index in [1.54, 1.807) is 6.07 Å². The molecule has 1 amide bonds. The first-order chi connectivity index (χ1) is 11.6. The Kier molecular flexibility index (Phi) is 5.23. The Morgan fingerprint density at radius 3 is 2.71 bits per heavy atom. The van der Waals surface area contributed by atoms with Crippen LogP contribution in [0.25, 0.3) is 0 Å². The van der Waals surface area contributed by atoms with E-state index in [1.807, 2.05) is 24.3 Å². The van der Waals surface area contributed by atoms with Crippen LogP contribution in [0.1, 0.15) is 34.5 Å². The van der Waals surface area contributed by atoms with Gasteiger partial charge in [0.25, 0.3) is 5.91 Å². The van der Waals surface area contributed by atoms with E-state index in [1.165, 1.54) is 6.26 Å². The highest BCUT2D eigenvalue weighted by Crippen LogP contribution is 2.38. The molecule has 0 unspecified atom stereocenters. The van der Waals surface area contributed by atoms with E-state index in [0.717, 1.165) is 23.4 Å². The van der Waals surface area contributed by atoms with Crippen LogP contribution in [-0.2, 0) is 16.7 Å². The molecule has 3 N–H and O–H groups in total. The largest absolute Gasteiger partial charge is 0.467 e. The van der Waals surface area contributed by atoms with Crippen LogP contribution >= 0.6 is 11.6 Å². The van der Waals surface area contributed by atoms with Gasteiger partial charge < -0.3 is 20.2 Å². The molecule has 0 atom stereocenters. The molecule has 6 heteroatoms. The summed E-state index contributed by atoms with van der Waals surface area (Å²) in [7, 11) is 0. The van der Waals surface area contributed by atoms with Crippen LogP contribution in [0.3, 0.4) is 0 Å². The number of amides is 1. The van der Waals surface area contributed by atoms with Gasteiger partial charge in [-0.05, 0) is 30.5 Å². The van der Waals surface area contributed by atoms with Crippen molar-refractivity contribution < 1.29 is 13.9 Å². The highest BCUT2D eigenvalue weighted by atomic mass is 35.5. The number of furan rings is 1. The fourth-order valence-corrected chi connectivity index (χ4v) is 3.49. The molecule has 1 aliphatic heterocycles. The summed E-state index contributed by atoms with van der Waals surface area (Å²) in [6, 6.07) is 9.48. The third kappa shape index (κ3) is 3.48. The third-order valence-electron chi connectivity index (χ3n) is 4.60. The predicted octanol–water partition coefficient (Wildman–Crippen LogP) is 2.87. The van der Waals surface area contributed by atoms with Gasteiger partial charge in [0.1, 0.15) is 12.0 Å². The van der Waals surface area contributed by atoms with Crippen molar-refractivity contribution in [2.45, 2.75) is 24.8 Å². The third-order valence-corrected chi connectivity index (χ3v) is 4.93. The first-order valence-electron chi connectivity index (χ1n) is 8.03. The Bertz CT molecular complexity index is 708. The normalized spacial score (nSPS) is 16.8. The second kappa shape index (κ2) is 7.38. The topological polar surface area (TPSA) is 77.5 Å². The van der Waals surface area contributed by atoms with Crippen LogP contribution in [0.5, 0.6) is 0 Å². The van der Waals surface area contributed by atoms with Crippen molar-refractivity contribution in [1.29, 1.82) is 0 Å². The van der Waals surface area contributed by atoms with Gasteiger partial charge in [-0.1, -0.05) is 29.8 Å². The van der Waals surface area contributed by atoms with E-state index in [2.05, 4.69) is 5.32 Å². The maximum absolute atomic E-state index is 12.4. The molecular formula is C18H21ClN2O3. The quantitative estimate of drug-likeness (QED) is 0.871. The zero-order valence-corrected chi connectivity index (χ0v) is 14.1. The van der Waals surface area contributed by atoms with Crippen LogP contribution in [-0.4, -0.2) is 25.7 Å². The summed E-state index contributed by atoms with van der Waals surface area (Å²) in [5, 5.41) is 3.74. The maximum atomic E-state index is 12.4. The molecule has 24 heavy (non-hydrogen) atoms. The molecule has 0 aliphatic carbocycles. The lowest BCUT2D eigenvalue weighted by Gasteiger charge is -2.38. The van der Waals surface area contributed by atoms with Crippen molar-refractivity contribution in [1.82, 2.24) is 5.32 Å². The summed E-state index contributed by atoms with van der Waals surface area (Å²) in [6.07, 6.45) is 3.07. The molecule has 1 aromatic carbocycles. The number of nitrogens with one attached hydrogen (secondary N) is 1. The lowest BCUT2D eigenvalue weighted by molar-refractivity contribution is 0.0487. The van der Waals surface area contributed by atoms with Gasteiger partial charge in [0.05, 0.1) is 12.1 Å². The van der Waals surface area contributed by atoms with Crippen molar-refractivity contribution in [3.63, 3.8) is 0 Å². The number of carbonyl (C=O) groups excluding carboxylic acids is 1. The number of hydrogen-bond donors (Lipinski definition) is 2. The number of benzene rings is 1. The van der Waals surface area contributed by atoms with Crippen LogP contribution in [0.2, 0.25) is 5.02 Å². The molecule has 0 radical (unpaired) electrons. The van der Waals surface area contributed by atoms with E-state index < -0.39 is 0 Å². The zero-order valence-electron chi connectivity index (χ0n) is 13.4. The molecular weight excluding hydrogens is 328 g/mol. The molecule has 0 bridgehead atoms. The van der Waals surface area contributed by atoms with E-state index in [4.69, 9.17) is 26.5 Å². The molecule has 2 aromatic rings. The van der Waals surface area contributed by atoms with Crippen molar-refractivity contribution >= 4 is 17.5 Å². The number of nitrogens with two attached hydrogens (primary N) is 1. The Balaban J connectivity index is 1.78. The molecule has 0 spiro atoms.